The van der Waals surface area contributed by atoms with Crippen molar-refractivity contribution in [2.45, 2.75) is 45.1 Å². The number of carbonyl (C=O) groups excluding carboxylic acids is 1. The van der Waals surface area contributed by atoms with Crippen molar-refractivity contribution >= 4 is 12.0 Å². The highest BCUT2D eigenvalue weighted by Crippen LogP contribution is 2.34. The Bertz CT molecular complexity index is 393. The van der Waals surface area contributed by atoms with Crippen molar-refractivity contribution in [1.82, 2.24) is 10.2 Å². The average molecular weight is 284 g/mol. The molecule has 2 atom stereocenters. The molecule has 0 radical (unpaired) electrons. The average Bonchev–Trinajstić information content (AvgIpc) is 2.85. The first kappa shape index (κ1) is 15.1. The molecule has 2 saturated heterocycles. The topological polar surface area (TPSA) is 78.9 Å². The van der Waals surface area contributed by atoms with Crippen molar-refractivity contribution in [2.75, 3.05) is 26.3 Å². The SMILES string of the molecule is CCC1(C(=O)O)CCN(C(=O)NC2(C)CCCOC2)C1. The Hall–Kier alpha value is -1.30. The van der Waals surface area contributed by atoms with E-state index < -0.39 is 11.4 Å². The number of rotatable bonds is 3. The molecule has 0 aromatic heterocycles. The second kappa shape index (κ2) is 5.60. The lowest BCUT2D eigenvalue weighted by atomic mass is 9.84. The number of likely N-dealkylation sites (tertiary alicyclic amines) is 1. The number of amides is 2. The van der Waals surface area contributed by atoms with E-state index in [9.17, 15) is 14.7 Å². The number of hydrogen-bond acceptors (Lipinski definition) is 3. The lowest BCUT2D eigenvalue weighted by molar-refractivity contribution is -0.148. The van der Waals surface area contributed by atoms with Gasteiger partial charge in [0.25, 0.3) is 0 Å². The lowest BCUT2D eigenvalue weighted by Crippen LogP contribution is -2.55. The first-order valence-corrected chi connectivity index (χ1v) is 7.29. The molecule has 6 nitrogen and oxygen atoms in total. The third-order valence-corrected chi connectivity index (χ3v) is 4.62. The third-order valence-electron chi connectivity index (χ3n) is 4.62. The summed E-state index contributed by atoms with van der Waals surface area (Å²) >= 11 is 0. The van der Waals surface area contributed by atoms with E-state index in [2.05, 4.69) is 5.32 Å². The van der Waals surface area contributed by atoms with Gasteiger partial charge in [-0.25, -0.2) is 4.79 Å². The predicted octanol–water partition coefficient (Wildman–Crippen LogP) is 1.45. The summed E-state index contributed by atoms with van der Waals surface area (Å²) in [6.45, 7) is 5.90. The smallest absolute Gasteiger partial charge is 0.317 e. The molecule has 2 N–H and O–H groups in total. The van der Waals surface area contributed by atoms with Crippen LogP contribution in [-0.4, -0.2) is 53.8 Å². The van der Waals surface area contributed by atoms with Gasteiger partial charge in [0.1, 0.15) is 0 Å². The molecule has 2 aliphatic heterocycles. The number of urea groups is 1. The fourth-order valence-electron chi connectivity index (χ4n) is 3.03. The monoisotopic (exact) mass is 284 g/mol. The Kier molecular flexibility index (Phi) is 4.22. The second-order valence-corrected chi connectivity index (χ2v) is 6.26. The van der Waals surface area contributed by atoms with E-state index in [1.54, 1.807) is 4.90 Å². The number of carboxylic acids is 1. The van der Waals surface area contributed by atoms with Crippen LogP contribution in [0.4, 0.5) is 4.79 Å². The molecule has 20 heavy (non-hydrogen) atoms. The Labute approximate surface area is 119 Å². The van der Waals surface area contributed by atoms with Crippen molar-refractivity contribution < 1.29 is 19.4 Å². The van der Waals surface area contributed by atoms with Gasteiger partial charge in [-0.2, -0.15) is 0 Å². The molecule has 2 aliphatic rings. The van der Waals surface area contributed by atoms with E-state index in [1.165, 1.54) is 0 Å². The van der Waals surface area contributed by atoms with Crippen LogP contribution >= 0.6 is 0 Å². The molecule has 0 aromatic carbocycles. The second-order valence-electron chi connectivity index (χ2n) is 6.26. The molecule has 6 heteroatoms. The van der Waals surface area contributed by atoms with Crippen molar-refractivity contribution in [3.8, 4) is 0 Å². The Morgan fingerprint density at radius 2 is 2.15 bits per heavy atom. The minimum absolute atomic E-state index is 0.172. The summed E-state index contributed by atoms with van der Waals surface area (Å²) in [5.41, 5.74) is -1.11. The summed E-state index contributed by atoms with van der Waals surface area (Å²) in [7, 11) is 0. The number of ether oxygens (including phenoxy) is 1. The molecule has 0 spiro atoms. The highest BCUT2D eigenvalue weighted by atomic mass is 16.5. The van der Waals surface area contributed by atoms with E-state index >= 15 is 0 Å². The first-order valence-electron chi connectivity index (χ1n) is 7.29. The fraction of sp³-hybridized carbons (Fsp3) is 0.857. The van der Waals surface area contributed by atoms with E-state index in [-0.39, 0.29) is 11.6 Å². The van der Waals surface area contributed by atoms with Crippen LogP contribution in [0, 0.1) is 5.41 Å². The fourth-order valence-corrected chi connectivity index (χ4v) is 3.03. The van der Waals surface area contributed by atoms with Gasteiger partial charge in [0.05, 0.1) is 17.6 Å². The summed E-state index contributed by atoms with van der Waals surface area (Å²) < 4.78 is 5.42. The maximum atomic E-state index is 12.3. The van der Waals surface area contributed by atoms with Crippen LogP contribution in [0.25, 0.3) is 0 Å². The molecule has 2 amide bonds. The minimum Gasteiger partial charge on any atom is -0.481 e. The van der Waals surface area contributed by atoms with Crippen molar-refractivity contribution in [1.29, 1.82) is 0 Å². The molecular weight excluding hydrogens is 260 g/mol. The lowest BCUT2D eigenvalue weighted by Gasteiger charge is -2.36. The molecule has 114 valence electrons. The molecule has 2 rings (SSSR count). The maximum Gasteiger partial charge on any atom is 0.317 e. The molecule has 2 unspecified atom stereocenters. The molecule has 0 saturated carbocycles. The zero-order valence-corrected chi connectivity index (χ0v) is 12.3. The summed E-state index contributed by atoms with van der Waals surface area (Å²) in [6.07, 6.45) is 2.90. The zero-order valence-electron chi connectivity index (χ0n) is 12.3. The van der Waals surface area contributed by atoms with Crippen molar-refractivity contribution in [2.24, 2.45) is 5.41 Å². The predicted molar refractivity (Wildman–Crippen MR) is 73.5 cm³/mol. The standard InChI is InChI=1S/C14H24N2O4/c1-3-14(11(17)18)6-7-16(9-14)12(19)15-13(2)5-4-8-20-10-13/h3-10H2,1-2H3,(H,15,19)(H,17,18). The molecule has 0 bridgehead atoms. The Morgan fingerprint density at radius 3 is 2.65 bits per heavy atom. The number of aliphatic carboxylic acids is 1. The van der Waals surface area contributed by atoms with Crippen LogP contribution < -0.4 is 5.32 Å². The van der Waals surface area contributed by atoms with Gasteiger partial charge in [0.2, 0.25) is 0 Å². The van der Waals surface area contributed by atoms with Gasteiger partial charge in [0.15, 0.2) is 0 Å². The normalized spacial score (nSPS) is 34.0. The van der Waals surface area contributed by atoms with Gasteiger partial charge in [0, 0.05) is 19.7 Å². The molecular formula is C14H24N2O4. The third kappa shape index (κ3) is 2.90. The van der Waals surface area contributed by atoms with Crippen LogP contribution in [0.1, 0.15) is 39.5 Å². The van der Waals surface area contributed by atoms with Gasteiger partial charge in [-0.15, -0.1) is 0 Å². The number of nitrogens with zero attached hydrogens (tertiary/aromatic N) is 1. The molecule has 0 aromatic rings. The van der Waals surface area contributed by atoms with Crippen molar-refractivity contribution in [3.05, 3.63) is 0 Å². The summed E-state index contributed by atoms with van der Waals surface area (Å²) in [5, 5.41) is 12.4. The summed E-state index contributed by atoms with van der Waals surface area (Å²) in [5.74, 6) is -0.803. The molecule has 0 aliphatic carbocycles. The zero-order chi connectivity index (χ0) is 14.8. The number of hydrogen-bond donors (Lipinski definition) is 2. The Balaban J connectivity index is 1.96. The van der Waals surface area contributed by atoms with Crippen LogP contribution in [0.2, 0.25) is 0 Å². The van der Waals surface area contributed by atoms with E-state index in [0.717, 1.165) is 19.4 Å². The number of carbonyl (C=O) groups is 2. The summed E-state index contributed by atoms with van der Waals surface area (Å²) in [4.78, 5) is 25.3. The van der Waals surface area contributed by atoms with Gasteiger partial charge in [-0.1, -0.05) is 6.92 Å². The molecule has 2 heterocycles. The number of carboxylic acid groups (broad SMARTS) is 1. The van der Waals surface area contributed by atoms with Crippen LogP contribution in [0.3, 0.4) is 0 Å². The highest BCUT2D eigenvalue weighted by molar-refractivity contribution is 5.80. The maximum absolute atomic E-state index is 12.3. The first-order chi connectivity index (χ1) is 9.41. The summed E-state index contributed by atoms with van der Waals surface area (Å²) in [6, 6.07) is -0.172. The van der Waals surface area contributed by atoms with Gasteiger partial charge in [-0.05, 0) is 32.6 Å². The van der Waals surface area contributed by atoms with Crippen molar-refractivity contribution in [3.63, 3.8) is 0 Å². The highest BCUT2D eigenvalue weighted by Gasteiger charge is 2.45. The molecule has 2 fully saturated rings. The van der Waals surface area contributed by atoms with Gasteiger partial charge in [-0.3, -0.25) is 4.79 Å². The quantitative estimate of drug-likeness (QED) is 0.822. The van der Waals surface area contributed by atoms with Crippen LogP contribution in [-0.2, 0) is 9.53 Å². The Morgan fingerprint density at radius 1 is 1.40 bits per heavy atom. The van der Waals surface area contributed by atoms with E-state index in [1.807, 2.05) is 13.8 Å². The van der Waals surface area contributed by atoms with E-state index in [0.29, 0.717) is 32.5 Å². The minimum atomic E-state index is -0.803. The van der Waals surface area contributed by atoms with Crippen LogP contribution in [0.15, 0.2) is 0 Å². The van der Waals surface area contributed by atoms with Crippen LogP contribution in [0.5, 0.6) is 0 Å². The van der Waals surface area contributed by atoms with Gasteiger partial charge >= 0.3 is 12.0 Å². The number of nitrogens with one attached hydrogen (secondary N) is 1. The van der Waals surface area contributed by atoms with Gasteiger partial charge < -0.3 is 20.1 Å². The largest absolute Gasteiger partial charge is 0.481 e. The van der Waals surface area contributed by atoms with E-state index in [4.69, 9.17) is 4.74 Å².